The zero-order valence-electron chi connectivity index (χ0n) is 14.9. The summed E-state index contributed by atoms with van der Waals surface area (Å²) in [6, 6.07) is 7.56. The minimum atomic E-state index is -3.86. The van der Waals surface area contributed by atoms with Crippen molar-refractivity contribution in [3.63, 3.8) is 0 Å². The van der Waals surface area contributed by atoms with Gasteiger partial charge in [-0.3, -0.25) is 4.79 Å². The highest BCUT2D eigenvalue weighted by Crippen LogP contribution is 2.28. The molecule has 1 aliphatic rings. The first-order chi connectivity index (χ1) is 13.3. The number of benzene rings is 2. The second-order valence-electron chi connectivity index (χ2n) is 6.10. The summed E-state index contributed by atoms with van der Waals surface area (Å²) < 4.78 is 51.7. The number of sulfonamides is 1. The van der Waals surface area contributed by atoms with Crippen LogP contribution in [0.2, 0.25) is 5.02 Å². The summed E-state index contributed by atoms with van der Waals surface area (Å²) >= 11 is 5.86. The summed E-state index contributed by atoms with van der Waals surface area (Å²) in [7, 11) is -2.51. The molecule has 0 spiro atoms. The topological polar surface area (TPSA) is 93.7 Å². The summed E-state index contributed by atoms with van der Waals surface area (Å²) in [6.45, 7) is 0.776. The van der Waals surface area contributed by atoms with Crippen molar-refractivity contribution in [1.82, 2.24) is 4.72 Å². The van der Waals surface area contributed by atoms with Gasteiger partial charge in [0.25, 0.3) is 5.91 Å². The highest BCUT2D eigenvalue weighted by atomic mass is 35.5. The molecule has 0 aromatic heterocycles. The molecular formula is C18H18ClFN2O5S. The van der Waals surface area contributed by atoms with E-state index in [2.05, 4.69) is 10.0 Å². The van der Waals surface area contributed by atoms with E-state index in [0.29, 0.717) is 19.6 Å². The Bertz CT molecular complexity index is 993. The number of carbonyl (C=O) groups excluding carboxylic acids is 1. The van der Waals surface area contributed by atoms with Gasteiger partial charge in [0.1, 0.15) is 11.6 Å². The molecule has 2 aromatic carbocycles. The van der Waals surface area contributed by atoms with E-state index in [1.807, 2.05) is 0 Å². The lowest BCUT2D eigenvalue weighted by Gasteiger charge is -2.14. The number of carbonyl (C=O) groups is 1. The summed E-state index contributed by atoms with van der Waals surface area (Å²) in [5.74, 6) is -1.22. The van der Waals surface area contributed by atoms with E-state index in [1.165, 1.54) is 37.4 Å². The number of hydrogen-bond acceptors (Lipinski definition) is 5. The molecule has 28 heavy (non-hydrogen) atoms. The highest BCUT2D eigenvalue weighted by Gasteiger charge is 2.25. The van der Waals surface area contributed by atoms with Gasteiger partial charge in [-0.15, -0.1) is 0 Å². The highest BCUT2D eigenvalue weighted by molar-refractivity contribution is 7.89. The van der Waals surface area contributed by atoms with Gasteiger partial charge in [-0.05, 0) is 36.8 Å². The molecule has 2 aromatic rings. The monoisotopic (exact) mass is 428 g/mol. The van der Waals surface area contributed by atoms with Crippen molar-refractivity contribution in [3.05, 3.63) is 52.8 Å². The Morgan fingerprint density at radius 3 is 2.79 bits per heavy atom. The molecule has 10 heteroatoms. The number of halogens is 2. The summed E-state index contributed by atoms with van der Waals surface area (Å²) in [5, 5.41) is 2.22. The quantitative estimate of drug-likeness (QED) is 0.737. The maximum atomic E-state index is 13.6. The fourth-order valence-corrected chi connectivity index (χ4v) is 4.19. The third kappa shape index (κ3) is 4.44. The molecule has 2 N–H and O–H groups in total. The average Bonchev–Trinajstić information content (AvgIpc) is 3.17. The van der Waals surface area contributed by atoms with Crippen LogP contribution < -0.4 is 14.8 Å². The van der Waals surface area contributed by atoms with Gasteiger partial charge in [-0.1, -0.05) is 17.7 Å². The first-order valence-electron chi connectivity index (χ1n) is 8.35. The second kappa shape index (κ2) is 8.44. The van der Waals surface area contributed by atoms with Gasteiger partial charge < -0.3 is 14.8 Å². The van der Waals surface area contributed by atoms with Crippen LogP contribution in [0.25, 0.3) is 0 Å². The minimum absolute atomic E-state index is 0.0339. The predicted molar refractivity (Wildman–Crippen MR) is 102 cm³/mol. The third-order valence-corrected chi connectivity index (χ3v) is 6.08. The first-order valence-corrected chi connectivity index (χ1v) is 10.2. The number of ether oxygens (including phenoxy) is 2. The fourth-order valence-electron chi connectivity index (χ4n) is 2.74. The van der Waals surface area contributed by atoms with E-state index in [-0.39, 0.29) is 33.0 Å². The number of nitrogens with one attached hydrogen (secondary N) is 2. The lowest BCUT2D eigenvalue weighted by Crippen LogP contribution is -2.35. The molecule has 1 heterocycles. The lowest BCUT2D eigenvalue weighted by atomic mass is 10.2. The van der Waals surface area contributed by atoms with Crippen molar-refractivity contribution in [2.75, 3.05) is 25.6 Å². The summed E-state index contributed by atoms with van der Waals surface area (Å²) in [4.78, 5) is 12.6. The van der Waals surface area contributed by atoms with E-state index >= 15 is 0 Å². The van der Waals surface area contributed by atoms with Gasteiger partial charge >= 0.3 is 0 Å². The Morgan fingerprint density at radius 2 is 2.11 bits per heavy atom. The smallest absolute Gasteiger partial charge is 0.259 e. The van der Waals surface area contributed by atoms with Crippen LogP contribution in [0.4, 0.5) is 10.1 Å². The van der Waals surface area contributed by atoms with E-state index in [0.717, 1.165) is 6.07 Å². The Hall–Kier alpha value is -2.20. The zero-order valence-corrected chi connectivity index (χ0v) is 16.4. The molecule has 150 valence electrons. The minimum Gasteiger partial charge on any atom is -0.496 e. The maximum Gasteiger partial charge on any atom is 0.259 e. The maximum absolute atomic E-state index is 13.6. The van der Waals surface area contributed by atoms with Crippen LogP contribution in [-0.4, -0.2) is 40.7 Å². The number of rotatable bonds is 6. The van der Waals surface area contributed by atoms with E-state index < -0.39 is 21.7 Å². The third-order valence-electron chi connectivity index (χ3n) is 4.18. The van der Waals surface area contributed by atoms with Crippen LogP contribution >= 0.6 is 11.6 Å². The van der Waals surface area contributed by atoms with Crippen molar-refractivity contribution in [2.24, 2.45) is 0 Å². The second-order valence-corrected chi connectivity index (χ2v) is 8.19. The summed E-state index contributed by atoms with van der Waals surface area (Å²) in [6.07, 6.45) is 0.570. The zero-order chi connectivity index (χ0) is 20.3. The SMILES string of the molecule is COc1ccc(S(=O)(=O)N[C@H]2CCOC2)cc1C(=O)Nc1cccc(F)c1Cl. The van der Waals surface area contributed by atoms with Gasteiger partial charge in [0.15, 0.2) is 0 Å². The van der Waals surface area contributed by atoms with Crippen LogP contribution in [0.1, 0.15) is 16.8 Å². The lowest BCUT2D eigenvalue weighted by molar-refractivity contribution is 0.102. The van der Waals surface area contributed by atoms with Crippen LogP contribution in [0.5, 0.6) is 5.75 Å². The van der Waals surface area contributed by atoms with Crippen LogP contribution in [-0.2, 0) is 14.8 Å². The van der Waals surface area contributed by atoms with Gasteiger partial charge in [0.05, 0.1) is 34.9 Å². The van der Waals surface area contributed by atoms with E-state index in [4.69, 9.17) is 21.1 Å². The number of anilines is 1. The van der Waals surface area contributed by atoms with Gasteiger partial charge in [-0.2, -0.15) is 0 Å². The largest absolute Gasteiger partial charge is 0.496 e. The Balaban J connectivity index is 1.90. The molecule has 0 saturated carbocycles. The Labute approximate surface area is 166 Å². The Morgan fingerprint density at radius 1 is 1.32 bits per heavy atom. The van der Waals surface area contributed by atoms with Crippen molar-refractivity contribution in [1.29, 1.82) is 0 Å². The standard InChI is InChI=1S/C18H18ClFN2O5S/c1-26-16-6-5-12(28(24,25)22-11-7-8-27-10-11)9-13(16)18(23)21-15-4-2-3-14(20)17(15)19/h2-6,9,11,22H,7-8,10H2,1H3,(H,21,23)/t11-/m0/s1. The molecule has 1 atom stereocenters. The van der Waals surface area contributed by atoms with Crippen molar-refractivity contribution in [3.8, 4) is 5.75 Å². The molecule has 3 rings (SSSR count). The van der Waals surface area contributed by atoms with E-state index in [1.54, 1.807) is 0 Å². The molecule has 7 nitrogen and oxygen atoms in total. The van der Waals surface area contributed by atoms with Crippen LogP contribution in [0.15, 0.2) is 41.3 Å². The molecule has 0 unspecified atom stereocenters. The van der Waals surface area contributed by atoms with Gasteiger partial charge in [-0.25, -0.2) is 17.5 Å². The average molecular weight is 429 g/mol. The molecular weight excluding hydrogens is 411 g/mol. The molecule has 0 bridgehead atoms. The molecule has 0 aliphatic carbocycles. The fraction of sp³-hybridized carbons (Fsp3) is 0.278. The number of amides is 1. The van der Waals surface area contributed by atoms with Gasteiger partial charge in [0.2, 0.25) is 10.0 Å². The molecule has 1 amide bonds. The normalized spacial score (nSPS) is 16.8. The Kier molecular flexibility index (Phi) is 6.19. The van der Waals surface area contributed by atoms with Crippen LogP contribution in [0.3, 0.4) is 0 Å². The predicted octanol–water partition coefficient (Wildman–Crippen LogP) is 2.81. The number of hydrogen-bond donors (Lipinski definition) is 2. The molecule has 1 fully saturated rings. The van der Waals surface area contributed by atoms with Crippen molar-refractivity contribution >= 4 is 33.2 Å². The van der Waals surface area contributed by atoms with Gasteiger partial charge in [0, 0.05) is 12.6 Å². The van der Waals surface area contributed by atoms with Crippen molar-refractivity contribution in [2.45, 2.75) is 17.4 Å². The van der Waals surface area contributed by atoms with Crippen LogP contribution in [0, 0.1) is 5.82 Å². The number of methoxy groups -OCH3 is 1. The summed E-state index contributed by atoms with van der Waals surface area (Å²) in [5.41, 5.74) is 0.0246. The first kappa shape index (κ1) is 20.5. The van der Waals surface area contributed by atoms with E-state index in [9.17, 15) is 17.6 Å². The molecule has 1 saturated heterocycles. The molecule has 1 aliphatic heterocycles. The molecule has 0 radical (unpaired) electrons. The van der Waals surface area contributed by atoms with Crippen molar-refractivity contribution < 1.29 is 27.1 Å².